The van der Waals surface area contributed by atoms with E-state index in [4.69, 9.17) is 9.47 Å². The maximum atomic E-state index is 11.5. The highest BCUT2D eigenvalue weighted by Gasteiger charge is 2.14. The first-order chi connectivity index (χ1) is 8.58. The van der Waals surface area contributed by atoms with Crippen LogP contribution in [0.1, 0.15) is 12.7 Å². The van der Waals surface area contributed by atoms with Gasteiger partial charge in [0, 0.05) is 14.1 Å². The summed E-state index contributed by atoms with van der Waals surface area (Å²) in [6, 6.07) is 0. The molecule has 0 N–H and O–H groups in total. The second-order valence-electron chi connectivity index (χ2n) is 3.56. The normalized spacial score (nSPS) is 10.0. The van der Waals surface area contributed by atoms with Gasteiger partial charge in [-0.2, -0.15) is 16.7 Å². The fourth-order valence-corrected chi connectivity index (χ4v) is 1.57. The lowest BCUT2D eigenvalue weighted by atomic mass is 10.5. The molecule has 1 aromatic rings. The SMILES string of the molecule is CCSCc1ncc(OC)c(OC(=O)N(C)C)n1. The number of ether oxygens (including phenoxy) is 2. The number of methoxy groups -OCH3 is 1. The van der Waals surface area contributed by atoms with Crippen LogP contribution in [0.2, 0.25) is 0 Å². The van der Waals surface area contributed by atoms with Gasteiger partial charge < -0.3 is 14.4 Å². The summed E-state index contributed by atoms with van der Waals surface area (Å²) in [4.78, 5) is 21.1. The van der Waals surface area contributed by atoms with Crippen molar-refractivity contribution in [3.8, 4) is 11.6 Å². The highest BCUT2D eigenvalue weighted by Crippen LogP contribution is 2.24. The molecule has 0 saturated carbocycles. The van der Waals surface area contributed by atoms with E-state index in [9.17, 15) is 4.79 Å². The van der Waals surface area contributed by atoms with Crippen LogP contribution in [0.3, 0.4) is 0 Å². The average Bonchev–Trinajstić information content (AvgIpc) is 2.36. The summed E-state index contributed by atoms with van der Waals surface area (Å²) in [5.74, 6) is 2.76. The van der Waals surface area contributed by atoms with E-state index in [1.54, 1.807) is 25.9 Å². The van der Waals surface area contributed by atoms with Crippen LogP contribution >= 0.6 is 11.8 Å². The van der Waals surface area contributed by atoms with Crippen LogP contribution in [-0.2, 0) is 5.75 Å². The molecular weight excluding hydrogens is 254 g/mol. The standard InChI is InChI=1S/C11H17N3O3S/c1-5-18-7-9-12-6-8(16-4)10(13-9)17-11(15)14(2)3/h6H,5,7H2,1-4H3. The van der Waals surface area contributed by atoms with Crippen LogP contribution in [0.25, 0.3) is 0 Å². The van der Waals surface area contributed by atoms with E-state index in [0.29, 0.717) is 17.3 Å². The van der Waals surface area contributed by atoms with E-state index in [1.807, 2.05) is 0 Å². The van der Waals surface area contributed by atoms with E-state index in [2.05, 4.69) is 16.9 Å². The van der Waals surface area contributed by atoms with E-state index in [-0.39, 0.29) is 5.88 Å². The fraction of sp³-hybridized carbons (Fsp3) is 0.545. The summed E-state index contributed by atoms with van der Waals surface area (Å²) in [5, 5.41) is 0. The van der Waals surface area contributed by atoms with Crippen LogP contribution in [0.15, 0.2) is 6.20 Å². The third-order valence-corrected chi connectivity index (χ3v) is 2.85. The summed E-state index contributed by atoms with van der Waals surface area (Å²) in [5.41, 5.74) is 0. The zero-order valence-electron chi connectivity index (χ0n) is 11.0. The molecule has 7 heteroatoms. The van der Waals surface area contributed by atoms with Gasteiger partial charge >= 0.3 is 6.09 Å². The molecule has 18 heavy (non-hydrogen) atoms. The van der Waals surface area contributed by atoms with Crippen molar-refractivity contribution in [1.29, 1.82) is 0 Å². The van der Waals surface area contributed by atoms with Crippen LogP contribution in [0.5, 0.6) is 11.6 Å². The minimum atomic E-state index is -0.499. The Kier molecular flexibility index (Phi) is 5.70. The van der Waals surface area contributed by atoms with E-state index in [0.717, 1.165) is 5.75 Å². The number of thioether (sulfide) groups is 1. The Balaban J connectivity index is 2.88. The fourth-order valence-electron chi connectivity index (χ4n) is 1.04. The maximum absolute atomic E-state index is 11.5. The van der Waals surface area contributed by atoms with Gasteiger partial charge in [0.05, 0.1) is 19.1 Å². The molecule has 0 radical (unpaired) electrons. The third kappa shape index (κ3) is 4.06. The summed E-state index contributed by atoms with van der Waals surface area (Å²) < 4.78 is 10.2. The topological polar surface area (TPSA) is 64.6 Å². The molecule has 0 aliphatic carbocycles. The Morgan fingerprint density at radius 2 is 2.22 bits per heavy atom. The number of aromatic nitrogens is 2. The molecule has 0 atom stereocenters. The largest absolute Gasteiger partial charge is 0.490 e. The molecular formula is C11H17N3O3S. The molecule has 100 valence electrons. The van der Waals surface area contributed by atoms with Crippen molar-refractivity contribution in [1.82, 2.24) is 14.9 Å². The van der Waals surface area contributed by atoms with E-state index >= 15 is 0 Å². The van der Waals surface area contributed by atoms with Gasteiger partial charge in [0.1, 0.15) is 5.82 Å². The molecule has 1 heterocycles. The highest BCUT2D eigenvalue weighted by molar-refractivity contribution is 7.98. The Bertz CT molecular complexity index is 413. The summed E-state index contributed by atoms with van der Waals surface area (Å²) in [6.45, 7) is 2.06. The van der Waals surface area contributed by atoms with Crippen LogP contribution in [-0.4, -0.2) is 47.9 Å². The number of carbonyl (C=O) groups excluding carboxylic acids is 1. The molecule has 0 saturated heterocycles. The summed E-state index contributed by atoms with van der Waals surface area (Å²) in [7, 11) is 4.68. The van der Waals surface area contributed by atoms with Crippen molar-refractivity contribution in [2.45, 2.75) is 12.7 Å². The molecule has 6 nitrogen and oxygen atoms in total. The van der Waals surface area contributed by atoms with Gasteiger partial charge in [-0.1, -0.05) is 6.92 Å². The highest BCUT2D eigenvalue weighted by atomic mass is 32.2. The van der Waals surface area contributed by atoms with Gasteiger partial charge in [-0.05, 0) is 5.75 Å². The summed E-state index contributed by atoms with van der Waals surface area (Å²) >= 11 is 1.69. The first kappa shape index (κ1) is 14.6. The van der Waals surface area contributed by atoms with Gasteiger partial charge in [0.2, 0.25) is 0 Å². The molecule has 0 aliphatic heterocycles. The third-order valence-electron chi connectivity index (χ3n) is 1.98. The van der Waals surface area contributed by atoms with Gasteiger partial charge in [-0.25, -0.2) is 9.78 Å². The monoisotopic (exact) mass is 271 g/mol. The predicted octanol–water partition coefficient (Wildman–Crippen LogP) is 1.80. The molecule has 1 amide bonds. The van der Waals surface area contributed by atoms with Crippen LogP contribution in [0, 0.1) is 0 Å². The zero-order chi connectivity index (χ0) is 13.5. The lowest BCUT2D eigenvalue weighted by molar-refractivity contribution is 0.167. The molecule has 0 bridgehead atoms. The first-order valence-corrected chi connectivity index (χ1v) is 6.60. The number of rotatable bonds is 5. The second kappa shape index (κ2) is 7.05. The van der Waals surface area contributed by atoms with E-state index < -0.39 is 6.09 Å². The van der Waals surface area contributed by atoms with Gasteiger partial charge in [-0.15, -0.1) is 0 Å². The summed E-state index contributed by atoms with van der Waals surface area (Å²) in [6.07, 6.45) is 1.01. The zero-order valence-corrected chi connectivity index (χ0v) is 11.8. The smallest absolute Gasteiger partial charge is 0.416 e. The Hall–Kier alpha value is -1.50. The predicted molar refractivity (Wildman–Crippen MR) is 70.1 cm³/mol. The minimum Gasteiger partial charge on any atom is -0.490 e. The average molecular weight is 271 g/mol. The molecule has 1 rings (SSSR count). The first-order valence-electron chi connectivity index (χ1n) is 5.45. The number of nitrogens with zero attached hydrogens (tertiary/aromatic N) is 3. The number of hydrogen-bond acceptors (Lipinski definition) is 6. The number of hydrogen-bond donors (Lipinski definition) is 0. The lowest BCUT2D eigenvalue weighted by Gasteiger charge is -2.12. The van der Waals surface area contributed by atoms with E-state index in [1.165, 1.54) is 18.2 Å². The van der Waals surface area contributed by atoms with Gasteiger partial charge in [-0.3, -0.25) is 0 Å². The van der Waals surface area contributed by atoms with Crippen molar-refractivity contribution in [3.05, 3.63) is 12.0 Å². The van der Waals surface area contributed by atoms with Gasteiger partial charge in [0.25, 0.3) is 5.88 Å². The quantitative estimate of drug-likeness (QED) is 0.813. The number of carbonyl (C=O) groups is 1. The molecule has 0 aromatic carbocycles. The van der Waals surface area contributed by atoms with Gasteiger partial charge in [0.15, 0.2) is 5.75 Å². The lowest BCUT2D eigenvalue weighted by Crippen LogP contribution is -2.26. The second-order valence-corrected chi connectivity index (χ2v) is 4.83. The van der Waals surface area contributed by atoms with Crippen molar-refractivity contribution in [2.75, 3.05) is 27.0 Å². The minimum absolute atomic E-state index is 0.151. The number of amides is 1. The molecule has 0 unspecified atom stereocenters. The molecule has 0 aliphatic rings. The van der Waals surface area contributed by atoms with Crippen molar-refractivity contribution >= 4 is 17.9 Å². The Morgan fingerprint density at radius 3 is 2.78 bits per heavy atom. The van der Waals surface area contributed by atoms with Crippen LogP contribution < -0.4 is 9.47 Å². The maximum Gasteiger partial charge on any atom is 0.416 e. The van der Waals surface area contributed by atoms with Crippen molar-refractivity contribution in [2.24, 2.45) is 0 Å². The Morgan fingerprint density at radius 1 is 1.50 bits per heavy atom. The van der Waals surface area contributed by atoms with Crippen molar-refractivity contribution in [3.63, 3.8) is 0 Å². The molecule has 0 spiro atoms. The van der Waals surface area contributed by atoms with Crippen LogP contribution in [0.4, 0.5) is 4.79 Å². The Labute approximate surface area is 111 Å². The van der Waals surface area contributed by atoms with Crippen molar-refractivity contribution < 1.29 is 14.3 Å². The molecule has 0 fully saturated rings. The molecule has 1 aromatic heterocycles.